The first-order valence-corrected chi connectivity index (χ1v) is 11.3. The van der Waals surface area contributed by atoms with Gasteiger partial charge in [-0.2, -0.15) is 0 Å². The highest BCUT2D eigenvalue weighted by Crippen LogP contribution is 2.26. The first kappa shape index (κ1) is 24.3. The molecule has 1 amide bonds. The molecule has 0 heterocycles. The fourth-order valence-electron chi connectivity index (χ4n) is 3.43. The summed E-state index contributed by atoms with van der Waals surface area (Å²) in [6, 6.07) is 5.10. The Kier molecular flexibility index (Phi) is 13.2. The lowest BCUT2D eigenvalue weighted by molar-refractivity contribution is -0.125. The van der Waals surface area contributed by atoms with E-state index in [0.29, 0.717) is 12.2 Å². The highest BCUT2D eigenvalue weighted by molar-refractivity contribution is 5.78. The monoisotopic (exact) mass is 390 g/mol. The quantitative estimate of drug-likeness (QED) is 0.304. The average Bonchev–Trinajstić information content (AvgIpc) is 2.68. The van der Waals surface area contributed by atoms with Crippen molar-refractivity contribution < 1.29 is 14.6 Å². The molecule has 4 heteroatoms. The van der Waals surface area contributed by atoms with E-state index in [9.17, 15) is 9.90 Å². The molecule has 0 aliphatic carbocycles. The van der Waals surface area contributed by atoms with Crippen LogP contribution < -0.4 is 10.5 Å². The zero-order chi connectivity index (χ0) is 20.6. The van der Waals surface area contributed by atoms with Gasteiger partial charge in [-0.05, 0) is 49.4 Å². The highest BCUT2D eigenvalue weighted by Gasteiger charge is 2.18. The van der Waals surface area contributed by atoms with Crippen molar-refractivity contribution in [2.45, 2.75) is 110 Å². The van der Waals surface area contributed by atoms with Gasteiger partial charge in [0.25, 0.3) is 5.91 Å². The predicted octanol–water partition coefficient (Wildman–Crippen LogP) is 6.60. The van der Waals surface area contributed by atoms with E-state index in [0.717, 1.165) is 37.7 Å². The Balaban J connectivity index is 2.31. The van der Waals surface area contributed by atoms with Crippen molar-refractivity contribution in [2.75, 3.05) is 0 Å². The van der Waals surface area contributed by atoms with Gasteiger partial charge in [-0.15, -0.1) is 0 Å². The van der Waals surface area contributed by atoms with Crippen LogP contribution in [0.4, 0.5) is 0 Å². The maximum absolute atomic E-state index is 11.7. The molecule has 1 radical (unpaired) electrons. The van der Waals surface area contributed by atoms with Crippen molar-refractivity contribution in [2.24, 2.45) is 0 Å². The normalized spacial score (nSPS) is 12.1. The third kappa shape index (κ3) is 10.6. The molecule has 0 saturated carbocycles. The van der Waals surface area contributed by atoms with Crippen molar-refractivity contribution >= 4 is 5.91 Å². The number of phenolic OH excluding ortho intramolecular Hbond substituents is 1. The Hall–Kier alpha value is -1.71. The SMILES string of the molecule is CCCCCCCCCCCCC(Oc1ccc(O)c(CCCC)c1)C([NH])=O. The van der Waals surface area contributed by atoms with Crippen LogP contribution in [0, 0.1) is 0 Å². The van der Waals surface area contributed by atoms with E-state index >= 15 is 0 Å². The molecule has 2 N–H and O–H groups in total. The number of phenols is 1. The van der Waals surface area contributed by atoms with Crippen LogP contribution in [-0.4, -0.2) is 17.1 Å². The highest BCUT2D eigenvalue weighted by atomic mass is 16.5. The van der Waals surface area contributed by atoms with E-state index < -0.39 is 12.0 Å². The number of aromatic hydroxyl groups is 1. The van der Waals surface area contributed by atoms with Gasteiger partial charge in [-0.1, -0.05) is 78.1 Å². The number of unbranched alkanes of at least 4 members (excludes halogenated alkanes) is 10. The van der Waals surface area contributed by atoms with Gasteiger partial charge in [0.1, 0.15) is 11.5 Å². The Morgan fingerprint density at radius 1 is 0.929 bits per heavy atom. The second-order valence-corrected chi connectivity index (χ2v) is 7.84. The zero-order valence-electron chi connectivity index (χ0n) is 18.0. The number of hydrogen-bond donors (Lipinski definition) is 1. The summed E-state index contributed by atoms with van der Waals surface area (Å²) in [6.07, 6.45) is 15.1. The molecule has 1 unspecified atom stereocenters. The standard InChI is InChI=1S/C24H40NO3/c1-3-5-7-8-9-10-11-12-13-14-16-23(24(25)27)28-21-17-18-22(26)20(19-21)15-6-4-2/h17-19,23,25-26H,3-16H2,1-2H3. The second kappa shape index (κ2) is 15.2. The molecule has 28 heavy (non-hydrogen) atoms. The summed E-state index contributed by atoms with van der Waals surface area (Å²) in [7, 11) is 0. The third-order valence-corrected chi connectivity index (χ3v) is 5.24. The largest absolute Gasteiger partial charge is 0.508 e. The maximum Gasteiger partial charge on any atom is 0.279 e. The van der Waals surface area contributed by atoms with Crippen molar-refractivity contribution in [3.8, 4) is 11.5 Å². The molecule has 4 nitrogen and oxygen atoms in total. The lowest BCUT2D eigenvalue weighted by atomic mass is 10.0. The molecule has 0 aromatic heterocycles. The number of benzene rings is 1. The number of amides is 1. The summed E-state index contributed by atoms with van der Waals surface area (Å²) in [5, 5.41) is 9.95. The van der Waals surface area contributed by atoms with Gasteiger partial charge >= 0.3 is 0 Å². The van der Waals surface area contributed by atoms with Crippen molar-refractivity contribution in [1.29, 1.82) is 0 Å². The van der Waals surface area contributed by atoms with Gasteiger partial charge in [-0.25, -0.2) is 0 Å². The molecule has 0 spiro atoms. The Bertz CT molecular complexity index is 545. The predicted molar refractivity (Wildman–Crippen MR) is 116 cm³/mol. The van der Waals surface area contributed by atoms with Gasteiger partial charge in [0.2, 0.25) is 0 Å². The molecule has 1 rings (SSSR count). The first-order chi connectivity index (χ1) is 13.6. The molecule has 159 valence electrons. The van der Waals surface area contributed by atoms with E-state index in [-0.39, 0.29) is 5.75 Å². The first-order valence-electron chi connectivity index (χ1n) is 11.3. The Labute approximate surface area is 171 Å². The lowest BCUT2D eigenvalue weighted by Crippen LogP contribution is -2.28. The Morgan fingerprint density at radius 3 is 2.07 bits per heavy atom. The molecule has 1 aromatic carbocycles. The fraction of sp³-hybridized carbons (Fsp3) is 0.708. The molecular formula is C24H40NO3. The second-order valence-electron chi connectivity index (χ2n) is 7.84. The zero-order valence-corrected chi connectivity index (χ0v) is 18.0. The van der Waals surface area contributed by atoms with Gasteiger partial charge in [-0.3, -0.25) is 10.5 Å². The smallest absolute Gasteiger partial charge is 0.279 e. The number of rotatable bonds is 17. The maximum atomic E-state index is 11.7. The van der Waals surface area contributed by atoms with Gasteiger partial charge in [0.05, 0.1) is 0 Å². The number of hydrogen-bond acceptors (Lipinski definition) is 3. The molecule has 0 saturated heterocycles. The number of nitrogens with one attached hydrogen (secondary N) is 1. The van der Waals surface area contributed by atoms with E-state index in [1.807, 2.05) is 0 Å². The number of carbonyl (C=O) groups excluding carboxylic acids is 1. The fourth-order valence-corrected chi connectivity index (χ4v) is 3.43. The lowest BCUT2D eigenvalue weighted by Gasteiger charge is -2.16. The number of ether oxygens (including phenoxy) is 1. The van der Waals surface area contributed by atoms with Crippen LogP contribution in [0.3, 0.4) is 0 Å². The molecular weight excluding hydrogens is 350 g/mol. The van der Waals surface area contributed by atoms with Crippen LogP contribution in [0.1, 0.15) is 103 Å². The van der Waals surface area contributed by atoms with Crippen molar-refractivity contribution in [1.82, 2.24) is 5.73 Å². The summed E-state index contributed by atoms with van der Waals surface area (Å²) in [4.78, 5) is 11.7. The van der Waals surface area contributed by atoms with Gasteiger partial charge in [0, 0.05) is 0 Å². The van der Waals surface area contributed by atoms with Crippen molar-refractivity contribution in [3.05, 3.63) is 23.8 Å². The van der Waals surface area contributed by atoms with Crippen LogP contribution in [0.2, 0.25) is 0 Å². The van der Waals surface area contributed by atoms with E-state index in [2.05, 4.69) is 13.8 Å². The molecule has 0 aliphatic heterocycles. The van der Waals surface area contributed by atoms with E-state index in [4.69, 9.17) is 10.5 Å². The van der Waals surface area contributed by atoms with E-state index in [1.54, 1.807) is 18.2 Å². The molecule has 0 bridgehead atoms. The topological polar surface area (TPSA) is 70.3 Å². The summed E-state index contributed by atoms with van der Waals surface area (Å²) in [5.41, 5.74) is 8.35. The summed E-state index contributed by atoms with van der Waals surface area (Å²) in [6.45, 7) is 4.35. The molecule has 0 fully saturated rings. The van der Waals surface area contributed by atoms with Gasteiger partial charge < -0.3 is 9.84 Å². The number of aryl methyl sites for hydroxylation is 1. The number of carbonyl (C=O) groups is 1. The minimum absolute atomic E-state index is 0.268. The minimum atomic E-state index is -0.711. The third-order valence-electron chi connectivity index (χ3n) is 5.24. The summed E-state index contributed by atoms with van der Waals surface area (Å²) in [5.74, 6) is 0.171. The minimum Gasteiger partial charge on any atom is -0.508 e. The van der Waals surface area contributed by atoms with Crippen LogP contribution in [0.15, 0.2) is 18.2 Å². The van der Waals surface area contributed by atoms with Crippen LogP contribution >= 0.6 is 0 Å². The molecule has 0 aliphatic rings. The summed E-state index contributed by atoms with van der Waals surface area (Å²) < 4.78 is 5.79. The summed E-state index contributed by atoms with van der Waals surface area (Å²) >= 11 is 0. The molecule has 1 atom stereocenters. The molecule has 1 aromatic rings. The van der Waals surface area contributed by atoms with Crippen LogP contribution in [0.5, 0.6) is 11.5 Å². The van der Waals surface area contributed by atoms with Gasteiger partial charge in [0.15, 0.2) is 6.10 Å². The van der Waals surface area contributed by atoms with Crippen LogP contribution in [-0.2, 0) is 11.2 Å². The Morgan fingerprint density at radius 2 is 1.50 bits per heavy atom. The van der Waals surface area contributed by atoms with E-state index in [1.165, 1.54) is 51.4 Å². The average molecular weight is 391 g/mol. The van der Waals surface area contributed by atoms with Crippen molar-refractivity contribution in [3.63, 3.8) is 0 Å². The van der Waals surface area contributed by atoms with Crippen LogP contribution in [0.25, 0.3) is 0 Å².